The Hall–Kier alpha value is -2.75. The zero-order valence-electron chi connectivity index (χ0n) is 9.66. The number of amides is 1. The monoisotopic (exact) mass is 242 g/mol. The number of nitrogens with one attached hydrogen (secondary N) is 1. The van der Waals surface area contributed by atoms with Gasteiger partial charge < -0.3 is 5.32 Å². The van der Waals surface area contributed by atoms with Gasteiger partial charge in [-0.15, -0.1) is 5.10 Å². The van der Waals surface area contributed by atoms with Gasteiger partial charge in [-0.2, -0.15) is 5.26 Å². The van der Waals surface area contributed by atoms with Crippen LogP contribution < -0.4 is 5.32 Å². The van der Waals surface area contributed by atoms with E-state index in [0.717, 1.165) is 0 Å². The van der Waals surface area contributed by atoms with Crippen molar-refractivity contribution in [3.63, 3.8) is 0 Å². The second-order valence-electron chi connectivity index (χ2n) is 3.38. The topological polar surface area (TPSA) is 96.5 Å². The maximum atomic E-state index is 11.6. The van der Waals surface area contributed by atoms with Crippen LogP contribution in [0.1, 0.15) is 23.2 Å². The van der Waals surface area contributed by atoms with Gasteiger partial charge in [-0.3, -0.25) is 9.78 Å². The first-order valence-corrected chi connectivity index (χ1v) is 5.31. The summed E-state index contributed by atoms with van der Waals surface area (Å²) in [5, 5.41) is 15.2. The smallest absolute Gasteiger partial charge is 0.269 e. The standard InChI is InChI=1S/C11H10N6O/c1-2-13-11(18)9-5-8(3-4-14-9)17-7-15-10(6-12)16-17/h3-5,7H,2H2,1H3,(H,13,18). The predicted octanol–water partition coefficient (Wildman–Crippen LogP) is 0.284. The van der Waals surface area contributed by atoms with Crippen LogP contribution in [0.15, 0.2) is 24.7 Å². The number of carbonyl (C=O) groups excluding carboxylic acids is 1. The molecule has 7 heteroatoms. The second kappa shape index (κ2) is 5.05. The van der Waals surface area contributed by atoms with Gasteiger partial charge in [-0.1, -0.05) is 0 Å². The Morgan fingerprint density at radius 1 is 1.56 bits per heavy atom. The first-order valence-electron chi connectivity index (χ1n) is 5.31. The molecule has 0 aliphatic rings. The van der Waals surface area contributed by atoms with Crippen molar-refractivity contribution in [1.82, 2.24) is 25.1 Å². The average Bonchev–Trinajstić information content (AvgIpc) is 2.88. The maximum Gasteiger partial charge on any atom is 0.269 e. The van der Waals surface area contributed by atoms with Crippen molar-refractivity contribution in [1.29, 1.82) is 5.26 Å². The molecule has 1 N–H and O–H groups in total. The first-order chi connectivity index (χ1) is 8.74. The quantitative estimate of drug-likeness (QED) is 0.834. The predicted molar refractivity (Wildman–Crippen MR) is 61.9 cm³/mol. The van der Waals surface area contributed by atoms with Crippen molar-refractivity contribution in [2.24, 2.45) is 0 Å². The minimum Gasteiger partial charge on any atom is -0.351 e. The van der Waals surface area contributed by atoms with Crippen LogP contribution in [0.25, 0.3) is 5.69 Å². The molecule has 2 aromatic rings. The molecule has 7 nitrogen and oxygen atoms in total. The molecule has 0 saturated carbocycles. The first kappa shape index (κ1) is 11.7. The molecule has 90 valence electrons. The van der Waals surface area contributed by atoms with E-state index in [4.69, 9.17) is 5.26 Å². The van der Waals surface area contributed by atoms with Crippen molar-refractivity contribution in [3.8, 4) is 11.8 Å². The lowest BCUT2D eigenvalue weighted by molar-refractivity contribution is 0.0951. The van der Waals surface area contributed by atoms with E-state index in [1.807, 2.05) is 13.0 Å². The Kier molecular flexibility index (Phi) is 3.29. The highest BCUT2D eigenvalue weighted by atomic mass is 16.1. The minimum absolute atomic E-state index is 0.0753. The number of nitrogens with zero attached hydrogens (tertiary/aromatic N) is 5. The molecule has 0 unspecified atom stereocenters. The summed E-state index contributed by atoms with van der Waals surface area (Å²) in [7, 11) is 0. The molecule has 0 saturated heterocycles. The van der Waals surface area contributed by atoms with E-state index in [0.29, 0.717) is 17.9 Å². The Balaban J connectivity index is 2.32. The zero-order valence-corrected chi connectivity index (χ0v) is 9.66. The van der Waals surface area contributed by atoms with Crippen molar-refractivity contribution in [2.75, 3.05) is 6.54 Å². The molecule has 0 atom stereocenters. The summed E-state index contributed by atoms with van der Waals surface area (Å²) in [6.45, 7) is 2.37. The van der Waals surface area contributed by atoms with Gasteiger partial charge in [0.1, 0.15) is 18.1 Å². The Morgan fingerprint density at radius 2 is 2.39 bits per heavy atom. The molecule has 0 aliphatic heterocycles. The van der Waals surface area contributed by atoms with E-state index in [9.17, 15) is 4.79 Å². The van der Waals surface area contributed by atoms with Crippen LogP contribution in [0.5, 0.6) is 0 Å². The molecule has 0 radical (unpaired) electrons. The van der Waals surface area contributed by atoms with Crippen LogP contribution in [-0.4, -0.2) is 32.2 Å². The number of hydrogen-bond acceptors (Lipinski definition) is 5. The summed E-state index contributed by atoms with van der Waals surface area (Å²) in [5.41, 5.74) is 0.920. The Labute approximate surface area is 103 Å². The molecule has 0 aliphatic carbocycles. The lowest BCUT2D eigenvalue weighted by Gasteiger charge is -2.03. The summed E-state index contributed by atoms with van der Waals surface area (Å²) < 4.78 is 1.42. The summed E-state index contributed by atoms with van der Waals surface area (Å²) in [6, 6.07) is 5.10. The van der Waals surface area contributed by atoms with E-state index < -0.39 is 0 Å². The third-order valence-corrected chi connectivity index (χ3v) is 2.17. The normalized spacial score (nSPS) is 9.78. The third kappa shape index (κ3) is 2.32. The minimum atomic E-state index is -0.250. The fraction of sp³-hybridized carbons (Fsp3) is 0.182. The van der Waals surface area contributed by atoms with E-state index in [1.54, 1.807) is 12.1 Å². The SMILES string of the molecule is CCNC(=O)c1cc(-n2cnc(C#N)n2)ccn1. The second-order valence-corrected chi connectivity index (χ2v) is 3.38. The van der Waals surface area contributed by atoms with Crippen LogP contribution in [0.3, 0.4) is 0 Å². The van der Waals surface area contributed by atoms with Gasteiger partial charge in [0.15, 0.2) is 0 Å². The number of rotatable bonds is 3. The molecule has 2 rings (SSSR count). The number of carbonyl (C=O) groups is 1. The van der Waals surface area contributed by atoms with Gasteiger partial charge >= 0.3 is 0 Å². The molecule has 0 fully saturated rings. The number of nitriles is 1. The van der Waals surface area contributed by atoms with E-state index in [1.165, 1.54) is 17.2 Å². The van der Waals surface area contributed by atoms with E-state index in [-0.39, 0.29) is 11.7 Å². The maximum absolute atomic E-state index is 11.6. The van der Waals surface area contributed by atoms with Crippen molar-refractivity contribution in [3.05, 3.63) is 36.2 Å². The van der Waals surface area contributed by atoms with Gasteiger partial charge in [0, 0.05) is 12.7 Å². The molecule has 2 aromatic heterocycles. The lowest BCUT2D eigenvalue weighted by Crippen LogP contribution is -2.23. The highest BCUT2D eigenvalue weighted by Gasteiger charge is 2.08. The largest absolute Gasteiger partial charge is 0.351 e. The summed E-state index contributed by atoms with van der Waals surface area (Å²) in [4.78, 5) is 19.4. The van der Waals surface area contributed by atoms with Gasteiger partial charge in [0.2, 0.25) is 0 Å². The highest BCUT2D eigenvalue weighted by molar-refractivity contribution is 5.92. The van der Waals surface area contributed by atoms with Gasteiger partial charge in [-0.25, -0.2) is 9.67 Å². The van der Waals surface area contributed by atoms with Crippen LogP contribution in [0, 0.1) is 11.3 Å². The molecule has 0 aromatic carbocycles. The molecular formula is C11H10N6O. The third-order valence-electron chi connectivity index (χ3n) is 2.17. The summed E-state index contributed by atoms with van der Waals surface area (Å²) >= 11 is 0. The van der Waals surface area contributed by atoms with E-state index in [2.05, 4.69) is 20.4 Å². The highest BCUT2D eigenvalue weighted by Crippen LogP contribution is 2.07. The van der Waals surface area contributed by atoms with Crippen LogP contribution in [0.2, 0.25) is 0 Å². The lowest BCUT2D eigenvalue weighted by atomic mass is 10.3. The van der Waals surface area contributed by atoms with E-state index >= 15 is 0 Å². The molecular weight excluding hydrogens is 232 g/mol. The number of aromatic nitrogens is 4. The fourth-order valence-corrected chi connectivity index (χ4v) is 1.38. The molecule has 0 bridgehead atoms. The molecule has 1 amide bonds. The summed E-state index contributed by atoms with van der Waals surface area (Å²) in [6.07, 6.45) is 2.92. The molecule has 18 heavy (non-hydrogen) atoms. The van der Waals surface area contributed by atoms with Crippen LogP contribution in [0.4, 0.5) is 0 Å². The van der Waals surface area contributed by atoms with Crippen molar-refractivity contribution >= 4 is 5.91 Å². The van der Waals surface area contributed by atoms with Crippen LogP contribution in [-0.2, 0) is 0 Å². The molecule has 2 heterocycles. The van der Waals surface area contributed by atoms with Crippen LogP contribution >= 0.6 is 0 Å². The number of pyridine rings is 1. The average molecular weight is 242 g/mol. The fourth-order valence-electron chi connectivity index (χ4n) is 1.38. The Morgan fingerprint density at radius 3 is 3.06 bits per heavy atom. The van der Waals surface area contributed by atoms with Crippen molar-refractivity contribution < 1.29 is 4.79 Å². The molecule has 0 spiro atoms. The van der Waals surface area contributed by atoms with Gasteiger partial charge in [-0.05, 0) is 19.1 Å². The zero-order chi connectivity index (χ0) is 13.0. The van der Waals surface area contributed by atoms with Gasteiger partial charge in [0.05, 0.1) is 5.69 Å². The Bertz CT molecular complexity index is 612. The van der Waals surface area contributed by atoms with Crippen molar-refractivity contribution in [2.45, 2.75) is 6.92 Å². The van der Waals surface area contributed by atoms with Gasteiger partial charge in [0.25, 0.3) is 11.7 Å². The summed E-state index contributed by atoms with van der Waals surface area (Å²) in [5.74, 6) is -0.175. The number of hydrogen-bond donors (Lipinski definition) is 1.